The molecule has 0 spiro atoms. The van der Waals surface area contributed by atoms with E-state index in [9.17, 15) is 4.79 Å². The molecule has 1 heterocycles. The lowest BCUT2D eigenvalue weighted by Gasteiger charge is -2.10. The lowest BCUT2D eigenvalue weighted by molar-refractivity contribution is -0.114. The molecule has 0 unspecified atom stereocenters. The quantitative estimate of drug-likeness (QED) is 0.646. The molecule has 0 radical (unpaired) electrons. The maximum absolute atomic E-state index is 13.1. The molecular formula is C23H18N2O2. The predicted molar refractivity (Wildman–Crippen MR) is 108 cm³/mol. The van der Waals surface area contributed by atoms with Gasteiger partial charge in [0.25, 0.3) is 5.91 Å². The van der Waals surface area contributed by atoms with Gasteiger partial charge < -0.3 is 4.74 Å². The molecule has 1 aliphatic heterocycles. The van der Waals surface area contributed by atoms with Gasteiger partial charge in [0, 0.05) is 5.56 Å². The normalized spacial score (nSPS) is 15.1. The molecule has 4 rings (SSSR count). The van der Waals surface area contributed by atoms with E-state index in [1.54, 1.807) is 7.11 Å². The average molecular weight is 354 g/mol. The first-order valence-corrected chi connectivity index (χ1v) is 8.66. The Morgan fingerprint density at radius 3 is 2.11 bits per heavy atom. The fourth-order valence-corrected chi connectivity index (χ4v) is 2.97. The molecule has 27 heavy (non-hydrogen) atoms. The monoisotopic (exact) mass is 354 g/mol. The van der Waals surface area contributed by atoms with Crippen LogP contribution in [-0.2, 0) is 4.79 Å². The van der Waals surface area contributed by atoms with Crippen LogP contribution in [0, 0.1) is 0 Å². The van der Waals surface area contributed by atoms with Gasteiger partial charge in [-0.15, -0.1) is 0 Å². The highest BCUT2D eigenvalue weighted by atomic mass is 16.5. The van der Waals surface area contributed by atoms with Crippen LogP contribution < -0.4 is 9.75 Å². The minimum Gasteiger partial charge on any atom is -0.497 e. The third-order valence-corrected chi connectivity index (χ3v) is 4.35. The molecule has 3 aromatic rings. The average Bonchev–Trinajstić information content (AvgIpc) is 3.06. The standard InChI is InChI=1S/C23H18N2O2/c1-27-20-14-12-17(13-15-20)16-21-22(18-8-4-2-5-9-18)24-25(23(21)26)19-10-6-3-7-11-19/h2-16H,1H3/b21-16+. The summed E-state index contributed by atoms with van der Waals surface area (Å²) in [6.07, 6.45) is 1.87. The molecule has 3 aromatic carbocycles. The first-order chi connectivity index (χ1) is 13.3. The van der Waals surface area contributed by atoms with E-state index < -0.39 is 0 Å². The predicted octanol–water partition coefficient (Wildman–Crippen LogP) is 4.53. The lowest BCUT2D eigenvalue weighted by Crippen LogP contribution is -2.21. The minimum absolute atomic E-state index is 0.143. The molecule has 1 aliphatic rings. The van der Waals surface area contributed by atoms with E-state index in [0.29, 0.717) is 11.3 Å². The largest absolute Gasteiger partial charge is 0.497 e. The third kappa shape index (κ3) is 3.37. The number of anilines is 1. The number of hydrazone groups is 1. The Bertz CT molecular complexity index is 1010. The molecule has 132 valence electrons. The van der Waals surface area contributed by atoms with E-state index in [0.717, 1.165) is 22.6 Å². The summed E-state index contributed by atoms with van der Waals surface area (Å²) in [5, 5.41) is 6.08. The zero-order valence-corrected chi connectivity index (χ0v) is 14.9. The van der Waals surface area contributed by atoms with Crippen molar-refractivity contribution in [1.29, 1.82) is 0 Å². The van der Waals surface area contributed by atoms with Crippen molar-refractivity contribution in [2.24, 2.45) is 5.10 Å². The number of amides is 1. The van der Waals surface area contributed by atoms with Gasteiger partial charge in [-0.05, 0) is 35.9 Å². The highest BCUT2D eigenvalue weighted by Crippen LogP contribution is 2.28. The van der Waals surface area contributed by atoms with Crippen molar-refractivity contribution in [1.82, 2.24) is 0 Å². The Kier molecular flexibility index (Phi) is 4.54. The van der Waals surface area contributed by atoms with Gasteiger partial charge >= 0.3 is 0 Å². The topological polar surface area (TPSA) is 41.9 Å². The van der Waals surface area contributed by atoms with Crippen molar-refractivity contribution in [2.45, 2.75) is 0 Å². The number of nitrogens with zero attached hydrogens (tertiary/aromatic N) is 2. The van der Waals surface area contributed by atoms with Gasteiger partial charge in [-0.2, -0.15) is 10.1 Å². The number of ether oxygens (including phenoxy) is 1. The van der Waals surface area contributed by atoms with Gasteiger partial charge in [0.15, 0.2) is 0 Å². The van der Waals surface area contributed by atoms with Crippen LogP contribution >= 0.6 is 0 Å². The van der Waals surface area contributed by atoms with Crippen LogP contribution in [0.25, 0.3) is 6.08 Å². The molecule has 4 nitrogen and oxygen atoms in total. The smallest absolute Gasteiger partial charge is 0.281 e. The van der Waals surface area contributed by atoms with Gasteiger partial charge in [0.2, 0.25) is 0 Å². The Balaban J connectivity index is 1.79. The second-order valence-corrected chi connectivity index (χ2v) is 6.10. The molecule has 0 aromatic heterocycles. The van der Waals surface area contributed by atoms with Crippen molar-refractivity contribution in [3.8, 4) is 5.75 Å². The van der Waals surface area contributed by atoms with Gasteiger partial charge in [-0.1, -0.05) is 60.7 Å². The summed E-state index contributed by atoms with van der Waals surface area (Å²) in [7, 11) is 1.63. The van der Waals surface area contributed by atoms with Crippen LogP contribution in [-0.4, -0.2) is 18.7 Å². The summed E-state index contributed by atoms with van der Waals surface area (Å²) < 4.78 is 5.21. The van der Waals surface area contributed by atoms with Crippen molar-refractivity contribution in [3.63, 3.8) is 0 Å². The van der Waals surface area contributed by atoms with Crippen LogP contribution in [0.15, 0.2) is 95.6 Å². The fourth-order valence-electron chi connectivity index (χ4n) is 2.97. The molecule has 0 saturated heterocycles. The van der Waals surface area contributed by atoms with Gasteiger partial charge in [-0.3, -0.25) is 4.79 Å². The molecule has 0 N–H and O–H groups in total. The van der Waals surface area contributed by atoms with Crippen molar-refractivity contribution < 1.29 is 9.53 Å². The van der Waals surface area contributed by atoms with Crippen LogP contribution in [0.1, 0.15) is 11.1 Å². The maximum Gasteiger partial charge on any atom is 0.281 e. The molecule has 4 heteroatoms. The molecule has 0 saturated carbocycles. The zero-order chi connectivity index (χ0) is 18.6. The molecule has 0 aliphatic carbocycles. The number of rotatable bonds is 4. The molecule has 0 atom stereocenters. The number of para-hydroxylation sites is 1. The Morgan fingerprint density at radius 2 is 1.48 bits per heavy atom. The van der Waals surface area contributed by atoms with E-state index in [-0.39, 0.29) is 5.91 Å². The summed E-state index contributed by atoms with van der Waals surface area (Å²) in [4.78, 5) is 13.1. The Morgan fingerprint density at radius 1 is 0.852 bits per heavy atom. The fraction of sp³-hybridized carbons (Fsp3) is 0.0435. The number of carbonyl (C=O) groups excluding carboxylic acids is 1. The SMILES string of the molecule is COc1ccc(/C=C2/C(=O)N(c3ccccc3)N=C2c2ccccc2)cc1. The van der Waals surface area contributed by atoms with E-state index in [1.165, 1.54) is 5.01 Å². The van der Waals surface area contributed by atoms with Crippen LogP contribution in [0.3, 0.4) is 0 Å². The minimum atomic E-state index is -0.143. The first-order valence-electron chi connectivity index (χ1n) is 8.66. The van der Waals surface area contributed by atoms with Crippen molar-refractivity contribution in [3.05, 3.63) is 102 Å². The summed E-state index contributed by atoms with van der Waals surface area (Å²) in [6, 6.07) is 26.8. The number of benzene rings is 3. The van der Waals surface area contributed by atoms with Crippen LogP contribution in [0.5, 0.6) is 5.75 Å². The Labute approximate surface area is 158 Å². The van der Waals surface area contributed by atoms with Crippen LogP contribution in [0.2, 0.25) is 0 Å². The van der Waals surface area contributed by atoms with Gasteiger partial charge in [-0.25, -0.2) is 0 Å². The van der Waals surface area contributed by atoms with Gasteiger partial charge in [0.05, 0.1) is 18.4 Å². The Hall–Kier alpha value is -3.66. The van der Waals surface area contributed by atoms with Crippen LogP contribution in [0.4, 0.5) is 5.69 Å². The molecule has 0 bridgehead atoms. The first kappa shape index (κ1) is 16.8. The van der Waals surface area contributed by atoms with Crippen molar-refractivity contribution >= 4 is 23.4 Å². The van der Waals surface area contributed by atoms with E-state index in [1.807, 2.05) is 91.0 Å². The second kappa shape index (κ2) is 7.30. The van der Waals surface area contributed by atoms with E-state index in [4.69, 9.17) is 4.74 Å². The van der Waals surface area contributed by atoms with E-state index >= 15 is 0 Å². The highest BCUT2D eigenvalue weighted by Gasteiger charge is 2.31. The van der Waals surface area contributed by atoms with Crippen molar-refractivity contribution in [2.75, 3.05) is 12.1 Å². The third-order valence-electron chi connectivity index (χ3n) is 4.35. The summed E-state index contributed by atoms with van der Waals surface area (Å²) in [6.45, 7) is 0. The maximum atomic E-state index is 13.1. The summed E-state index contributed by atoms with van der Waals surface area (Å²) >= 11 is 0. The summed E-state index contributed by atoms with van der Waals surface area (Å²) in [5.74, 6) is 0.633. The molecule has 0 fully saturated rings. The number of hydrogen-bond acceptors (Lipinski definition) is 3. The lowest BCUT2D eigenvalue weighted by atomic mass is 10.0. The molecule has 1 amide bonds. The molecular weight excluding hydrogens is 336 g/mol. The number of carbonyl (C=O) groups is 1. The highest BCUT2D eigenvalue weighted by molar-refractivity contribution is 6.37. The zero-order valence-electron chi connectivity index (χ0n) is 14.9. The van der Waals surface area contributed by atoms with E-state index in [2.05, 4.69) is 5.10 Å². The van der Waals surface area contributed by atoms with Gasteiger partial charge in [0.1, 0.15) is 11.5 Å². The summed E-state index contributed by atoms with van der Waals surface area (Å²) in [5.41, 5.74) is 3.80. The second-order valence-electron chi connectivity index (χ2n) is 6.10. The number of methoxy groups -OCH3 is 1. The number of hydrogen-bond donors (Lipinski definition) is 0.